The van der Waals surface area contributed by atoms with E-state index in [0.717, 1.165) is 31.6 Å². The minimum absolute atomic E-state index is 0.0255. The maximum Gasteiger partial charge on any atom is 0.411 e. The van der Waals surface area contributed by atoms with Crippen LogP contribution in [0.1, 0.15) is 38.7 Å². The van der Waals surface area contributed by atoms with Crippen LogP contribution in [0.25, 0.3) is 0 Å². The fourth-order valence-electron chi connectivity index (χ4n) is 4.06. The summed E-state index contributed by atoms with van der Waals surface area (Å²) in [5.74, 6) is 0.730. The van der Waals surface area contributed by atoms with Crippen LogP contribution in [0.3, 0.4) is 0 Å². The largest absolute Gasteiger partial charge is 0.494 e. The quantitative estimate of drug-likeness (QED) is 0.731. The number of carbonyl (C=O) groups is 1. The van der Waals surface area contributed by atoms with Gasteiger partial charge in [-0.1, -0.05) is 0 Å². The van der Waals surface area contributed by atoms with Crippen LogP contribution < -0.4 is 10.5 Å². The predicted octanol–water partition coefficient (Wildman–Crippen LogP) is 2.24. The molecule has 2 bridgehead atoms. The molecule has 0 aromatic heterocycles. The molecule has 0 spiro atoms. The Morgan fingerprint density at radius 2 is 1.87 bits per heavy atom. The van der Waals surface area contributed by atoms with Crippen molar-refractivity contribution in [2.45, 2.75) is 56.8 Å². The first-order chi connectivity index (χ1) is 14.3. The summed E-state index contributed by atoms with van der Waals surface area (Å²) in [6.07, 6.45) is 2.37. The molecule has 160 valence electrons. The Kier molecular flexibility index (Phi) is 6.81. The fraction of sp³-hybridized carbons (Fsp3) is 0.591. The standard InChI is InChI=1S/C22H29N5O3/c1-22(2,15-24)30-21(28)26-13-18-5-6-19(14-26)27(18)12-17(25)9-10-29-20-7-3-16(11-23)4-8-20/h3-4,7-8,17-19H,5-6,9-10,12-14,25H2,1-2H3. The molecule has 3 unspecified atom stereocenters. The number of hydrogen-bond acceptors (Lipinski definition) is 7. The van der Waals surface area contributed by atoms with Gasteiger partial charge in [0.05, 0.1) is 18.2 Å². The van der Waals surface area contributed by atoms with Gasteiger partial charge in [-0.25, -0.2) is 4.79 Å². The monoisotopic (exact) mass is 411 g/mol. The number of benzene rings is 1. The zero-order valence-corrected chi connectivity index (χ0v) is 17.6. The number of nitrogens with zero attached hydrogens (tertiary/aromatic N) is 4. The molecule has 2 saturated heterocycles. The summed E-state index contributed by atoms with van der Waals surface area (Å²) in [5, 5.41) is 17.9. The number of hydrogen-bond donors (Lipinski definition) is 1. The van der Waals surface area contributed by atoms with E-state index in [1.54, 1.807) is 43.0 Å². The number of ether oxygens (including phenoxy) is 2. The molecule has 2 aliphatic rings. The third kappa shape index (κ3) is 5.41. The zero-order chi connectivity index (χ0) is 21.7. The van der Waals surface area contributed by atoms with Gasteiger partial charge in [0.1, 0.15) is 11.8 Å². The highest BCUT2D eigenvalue weighted by atomic mass is 16.6. The lowest BCUT2D eigenvalue weighted by atomic mass is 10.1. The second-order valence-electron chi connectivity index (χ2n) is 8.51. The highest BCUT2D eigenvalue weighted by Crippen LogP contribution is 2.31. The molecule has 8 nitrogen and oxygen atoms in total. The van der Waals surface area contributed by atoms with Crippen molar-refractivity contribution in [2.24, 2.45) is 5.73 Å². The summed E-state index contributed by atoms with van der Waals surface area (Å²) < 4.78 is 11.1. The number of nitrogens with two attached hydrogens (primary N) is 1. The molecule has 8 heteroatoms. The molecule has 2 fully saturated rings. The molecule has 0 radical (unpaired) electrons. The first kappa shape index (κ1) is 21.9. The van der Waals surface area contributed by atoms with Gasteiger partial charge in [-0.05, 0) is 57.4 Å². The van der Waals surface area contributed by atoms with Crippen LogP contribution in [-0.2, 0) is 4.74 Å². The normalized spacial score (nSPS) is 22.1. The number of nitriles is 2. The number of carbonyl (C=O) groups excluding carboxylic acids is 1. The summed E-state index contributed by atoms with van der Waals surface area (Å²) in [6.45, 7) is 5.66. The van der Waals surface area contributed by atoms with Gasteiger partial charge in [-0.15, -0.1) is 0 Å². The molecule has 2 N–H and O–H groups in total. The van der Waals surface area contributed by atoms with E-state index in [1.807, 2.05) is 6.07 Å². The molecule has 0 saturated carbocycles. The van der Waals surface area contributed by atoms with Crippen LogP contribution >= 0.6 is 0 Å². The van der Waals surface area contributed by atoms with Gasteiger partial charge in [-0.3, -0.25) is 4.90 Å². The van der Waals surface area contributed by atoms with Crippen LogP contribution in [-0.4, -0.2) is 65.9 Å². The minimum atomic E-state index is -1.12. The molecule has 3 atom stereocenters. The predicted molar refractivity (Wildman–Crippen MR) is 111 cm³/mol. The number of rotatable bonds is 7. The molecule has 2 aliphatic heterocycles. The average molecular weight is 412 g/mol. The van der Waals surface area contributed by atoms with E-state index >= 15 is 0 Å². The Hall–Kier alpha value is -2.81. The summed E-state index contributed by atoms with van der Waals surface area (Å²) >= 11 is 0. The lowest BCUT2D eigenvalue weighted by Crippen LogP contribution is -2.58. The van der Waals surface area contributed by atoms with Gasteiger partial charge in [0.15, 0.2) is 5.60 Å². The van der Waals surface area contributed by atoms with Crippen molar-refractivity contribution in [2.75, 3.05) is 26.2 Å². The number of amides is 1. The van der Waals surface area contributed by atoms with Gasteiger partial charge in [0.2, 0.25) is 0 Å². The van der Waals surface area contributed by atoms with Crippen LogP contribution in [0.2, 0.25) is 0 Å². The van der Waals surface area contributed by atoms with Gasteiger partial charge in [0, 0.05) is 37.8 Å². The van der Waals surface area contributed by atoms with Crippen molar-refractivity contribution in [1.29, 1.82) is 10.5 Å². The van der Waals surface area contributed by atoms with Crippen molar-refractivity contribution >= 4 is 6.09 Å². The van der Waals surface area contributed by atoms with E-state index in [4.69, 9.17) is 25.7 Å². The van der Waals surface area contributed by atoms with Crippen molar-refractivity contribution < 1.29 is 14.3 Å². The van der Waals surface area contributed by atoms with E-state index in [9.17, 15) is 4.79 Å². The van der Waals surface area contributed by atoms with Crippen LogP contribution in [0.15, 0.2) is 24.3 Å². The SMILES string of the molecule is CC(C)(C#N)OC(=O)N1CC2CCC(C1)N2CC(N)CCOc1ccc(C#N)cc1. The minimum Gasteiger partial charge on any atom is -0.494 e. The van der Waals surface area contributed by atoms with Gasteiger partial charge in [-0.2, -0.15) is 10.5 Å². The molecule has 0 aliphatic carbocycles. The Labute approximate surface area is 177 Å². The molecule has 1 amide bonds. The summed E-state index contributed by atoms with van der Waals surface area (Å²) in [5.41, 5.74) is 5.84. The van der Waals surface area contributed by atoms with Crippen LogP contribution in [0.5, 0.6) is 5.75 Å². The smallest absolute Gasteiger partial charge is 0.411 e. The van der Waals surface area contributed by atoms with Crippen LogP contribution in [0, 0.1) is 22.7 Å². The molecule has 1 aromatic carbocycles. The van der Waals surface area contributed by atoms with Crippen LogP contribution in [0.4, 0.5) is 4.79 Å². The molecule has 1 aromatic rings. The Morgan fingerprint density at radius 1 is 1.23 bits per heavy atom. The lowest BCUT2D eigenvalue weighted by molar-refractivity contribution is 0.0131. The van der Waals surface area contributed by atoms with Crippen molar-refractivity contribution in [1.82, 2.24) is 9.80 Å². The number of likely N-dealkylation sites (tertiary alicyclic amines) is 1. The first-order valence-electron chi connectivity index (χ1n) is 10.3. The Bertz CT molecular complexity index is 813. The molecule has 2 heterocycles. The average Bonchev–Trinajstić information content (AvgIpc) is 2.95. The summed E-state index contributed by atoms with van der Waals surface area (Å²) in [7, 11) is 0. The van der Waals surface area contributed by atoms with E-state index in [0.29, 0.717) is 25.3 Å². The maximum atomic E-state index is 12.4. The zero-order valence-electron chi connectivity index (χ0n) is 17.6. The highest BCUT2D eigenvalue weighted by molar-refractivity contribution is 5.69. The molecular formula is C22H29N5O3. The second-order valence-corrected chi connectivity index (χ2v) is 8.51. The maximum absolute atomic E-state index is 12.4. The molecule has 3 rings (SSSR count). The summed E-state index contributed by atoms with van der Waals surface area (Å²) in [4.78, 5) is 16.5. The van der Waals surface area contributed by atoms with Gasteiger partial charge >= 0.3 is 6.09 Å². The number of piperazine rings is 1. The van der Waals surface area contributed by atoms with Gasteiger partial charge < -0.3 is 20.1 Å². The summed E-state index contributed by atoms with van der Waals surface area (Å²) in [6, 6.07) is 11.6. The van der Waals surface area contributed by atoms with E-state index in [-0.39, 0.29) is 18.1 Å². The second kappa shape index (κ2) is 9.34. The topological polar surface area (TPSA) is 116 Å². The Morgan fingerprint density at radius 3 is 2.43 bits per heavy atom. The van der Waals surface area contributed by atoms with E-state index in [2.05, 4.69) is 11.0 Å². The fourth-order valence-corrected chi connectivity index (χ4v) is 4.06. The third-order valence-corrected chi connectivity index (χ3v) is 5.69. The third-order valence-electron chi connectivity index (χ3n) is 5.69. The van der Waals surface area contributed by atoms with E-state index in [1.165, 1.54) is 0 Å². The first-order valence-corrected chi connectivity index (χ1v) is 10.3. The lowest BCUT2D eigenvalue weighted by Gasteiger charge is -2.42. The Balaban J connectivity index is 1.44. The van der Waals surface area contributed by atoms with Crippen molar-refractivity contribution in [3.05, 3.63) is 29.8 Å². The van der Waals surface area contributed by atoms with Crippen molar-refractivity contribution in [3.63, 3.8) is 0 Å². The number of fused-ring (bicyclic) bond motifs is 2. The highest BCUT2D eigenvalue weighted by Gasteiger charge is 2.42. The molecular weight excluding hydrogens is 382 g/mol. The van der Waals surface area contributed by atoms with Gasteiger partial charge in [0.25, 0.3) is 0 Å². The molecule has 30 heavy (non-hydrogen) atoms. The van der Waals surface area contributed by atoms with E-state index < -0.39 is 11.7 Å². The van der Waals surface area contributed by atoms with Crippen molar-refractivity contribution in [3.8, 4) is 17.9 Å².